The van der Waals surface area contributed by atoms with Gasteiger partial charge in [-0.3, -0.25) is 4.99 Å². The highest BCUT2D eigenvalue weighted by Gasteiger charge is 2.21. The smallest absolute Gasteiger partial charge is 0.186 e. The summed E-state index contributed by atoms with van der Waals surface area (Å²) in [5.74, 6) is 2.18. The van der Waals surface area contributed by atoms with E-state index in [9.17, 15) is 0 Å². The lowest BCUT2D eigenvalue weighted by Gasteiger charge is -2.10. The lowest BCUT2D eigenvalue weighted by atomic mass is 10.1. The zero-order valence-corrected chi connectivity index (χ0v) is 9.40. The Hall–Kier alpha value is -1.06. The molecule has 0 N–H and O–H groups in total. The first-order valence-electron chi connectivity index (χ1n) is 5.62. The molecule has 2 atom stereocenters. The predicted octanol–water partition coefficient (Wildman–Crippen LogP) is 1.65. The van der Waals surface area contributed by atoms with E-state index in [0.717, 1.165) is 44.4 Å². The van der Waals surface area contributed by atoms with E-state index in [2.05, 4.69) is 23.8 Å². The van der Waals surface area contributed by atoms with Crippen LogP contribution in [0.2, 0.25) is 0 Å². The van der Waals surface area contributed by atoms with Crippen molar-refractivity contribution in [2.24, 2.45) is 15.9 Å². The molecular formula is C11H18N2O2. The number of aliphatic imine (C=N–C) groups is 2. The number of nitrogens with zero attached hydrogens (tertiary/aromatic N) is 2. The maximum Gasteiger partial charge on any atom is 0.186 e. The van der Waals surface area contributed by atoms with Crippen LogP contribution in [0.1, 0.15) is 26.7 Å². The zero-order chi connectivity index (χ0) is 10.7. The average Bonchev–Trinajstić information content (AvgIpc) is 2.84. The molecule has 0 aromatic heterocycles. The number of ether oxygens (including phenoxy) is 2. The molecule has 0 fully saturated rings. The van der Waals surface area contributed by atoms with Gasteiger partial charge in [-0.2, -0.15) is 0 Å². The lowest BCUT2D eigenvalue weighted by molar-refractivity contribution is 0.300. The molecule has 15 heavy (non-hydrogen) atoms. The van der Waals surface area contributed by atoms with Crippen molar-refractivity contribution >= 4 is 11.8 Å². The Morgan fingerprint density at radius 1 is 1.47 bits per heavy atom. The topological polar surface area (TPSA) is 43.2 Å². The molecule has 0 spiro atoms. The van der Waals surface area contributed by atoms with E-state index in [1.165, 1.54) is 0 Å². The first kappa shape index (κ1) is 10.5. The average molecular weight is 210 g/mol. The minimum absolute atomic E-state index is 0.322. The summed E-state index contributed by atoms with van der Waals surface area (Å²) in [5.41, 5.74) is 0. The Balaban J connectivity index is 1.77. The highest BCUT2D eigenvalue weighted by atomic mass is 16.5. The molecule has 0 bridgehead atoms. The van der Waals surface area contributed by atoms with Crippen LogP contribution < -0.4 is 0 Å². The predicted molar refractivity (Wildman–Crippen MR) is 59.5 cm³/mol. The first-order chi connectivity index (χ1) is 7.25. The van der Waals surface area contributed by atoms with Crippen LogP contribution in [0.15, 0.2) is 9.98 Å². The second-order valence-corrected chi connectivity index (χ2v) is 4.19. The Labute approximate surface area is 90.4 Å². The van der Waals surface area contributed by atoms with Crippen molar-refractivity contribution in [3.8, 4) is 0 Å². The van der Waals surface area contributed by atoms with E-state index in [-0.39, 0.29) is 0 Å². The molecule has 2 rings (SSSR count). The number of hydrogen-bond acceptors (Lipinski definition) is 4. The van der Waals surface area contributed by atoms with Crippen molar-refractivity contribution in [2.45, 2.75) is 32.7 Å². The van der Waals surface area contributed by atoms with Crippen LogP contribution in [0.5, 0.6) is 0 Å². The van der Waals surface area contributed by atoms with Crippen molar-refractivity contribution in [2.75, 3.05) is 19.8 Å². The summed E-state index contributed by atoms with van der Waals surface area (Å²) in [5, 5.41) is 0. The van der Waals surface area contributed by atoms with Gasteiger partial charge in [-0.25, -0.2) is 4.99 Å². The lowest BCUT2D eigenvalue weighted by Crippen LogP contribution is -2.13. The minimum Gasteiger partial charge on any atom is -0.479 e. The van der Waals surface area contributed by atoms with Crippen molar-refractivity contribution in [1.82, 2.24) is 0 Å². The summed E-state index contributed by atoms with van der Waals surface area (Å²) in [6.07, 6.45) is 1.91. The van der Waals surface area contributed by atoms with Crippen molar-refractivity contribution in [3.63, 3.8) is 0 Å². The summed E-state index contributed by atoms with van der Waals surface area (Å²) in [4.78, 5) is 8.71. The molecule has 0 radical (unpaired) electrons. The molecular weight excluding hydrogens is 192 g/mol. The molecule has 4 heteroatoms. The molecule has 2 aliphatic heterocycles. The quantitative estimate of drug-likeness (QED) is 0.708. The number of hydrogen-bond donors (Lipinski definition) is 0. The Kier molecular flexibility index (Phi) is 3.23. The van der Waals surface area contributed by atoms with Crippen LogP contribution in [-0.4, -0.2) is 37.6 Å². The van der Waals surface area contributed by atoms with Gasteiger partial charge in [0.2, 0.25) is 0 Å². The largest absolute Gasteiger partial charge is 0.479 e. The van der Waals surface area contributed by atoms with E-state index in [0.29, 0.717) is 12.0 Å². The SMILES string of the molecule is CC1COC(C(C)CCC2=NCCO2)=N1. The van der Waals surface area contributed by atoms with Crippen molar-refractivity contribution in [3.05, 3.63) is 0 Å². The second kappa shape index (κ2) is 4.64. The van der Waals surface area contributed by atoms with Gasteiger partial charge in [-0.15, -0.1) is 0 Å². The number of rotatable bonds is 4. The maximum atomic E-state index is 5.51. The summed E-state index contributed by atoms with van der Waals surface area (Å²) < 4.78 is 10.9. The molecule has 0 amide bonds. The molecule has 0 saturated carbocycles. The Morgan fingerprint density at radius 2 is 2.33 bits per heavy atom. The van der Waals surface area contributed by atoms with Gasteiger partial charge in [-0.1, -0.05) is 6.92 Å². The van der Waals surface area contributed by atoms with E-state index in [1.54, 1.807) is 0 Å². The summed E-state index contributed by atoms with van der Waals surface area (Å²) in [6.45, 7) is 6.52. The third kappa shape index (κ3) is 2.70. The van der Waals surface area contributed by atoms with E-state index in [4.69, 9.17) is 9.47 Å². The van der Waals surface area contributed by atoms with Crippen LogP contribution in [-0.2, 0) is 9.47 Å². The van der Waals surface area contributed by atoms with Gasteiger partial charge in [0.25, 0.3) is 0 Å². The van der Waals surface area contributed by atoms with Gasteiger partial charge in [0.15, 0.2) is 11.8 Å². The van der Waals surface area contributed by atoms with E-state index in [1.807, 2.05) is 0 Å². The normalized spacial score (nSPS) is 26.7. The monoisotopic (exact) mass is 210 g/mol. The summed E-state index contributed by atoms with van der Waals surface area (Å²) >= 11 is 0. The van der Waals surface area contributed by atoms with Gasteiger partial charge in [-0.05, 0) is 13.3 Å². The van der Waals surface area contributed by atoms with Gasteiger partial charge in [0, 0.05) is 12.3 Å². The first-order valence-corrected chi connectivity index (χ1v) is 5.62. The van der Waals surface area contributed by atoms with Gasteiger partial charge in [0.1, 0.15) is 13.2 Å². The Bertz CT molecular complexity index is 286. The fourth-order valence-electron chi connectivity index (χ4n) is 1.76. The molecule has 84 valence electrons. The van der Waals surface area contributed by atoms with Crippen LogP contribution in [0, 0.1) is 5.92 Å². The Morgan fingerprint density at radius 3 is 2.93 bits per heavy atom. The molecule has 0 aromatic carbocycles. The third-order valence-electron chi connectivity index (χ3n) is 2.68. The molecule has 0 aromatic rings. The van der Waals surface area contributed by atoms with Crippen molar-refractivity contribution in [1.29, 1.82) is 0 Å². The van der Waals surface area contributed by atoms with Crippen LogP contribution in [0.25, 0.3) is 0 Å². The third-order valence-corrected chi connectivity index (χ3v) is 2.68. The zero-order valence-electron chi connectivity index (χ0n) is 9.40. The van der Waals surface area contributed by atoms with Crippen molar-refractivity contribution < 1.29 is 9.47 Å². The fourth-order valence-corrected chi connectivity index (χ4v) is 1.76. The van der Waals surface area contributed by atoms with Crippen LogP contribution >= 0.6 is 0 Å². The van der Waals surface area contributed by atoms with Crippen LogP contribution in [0.3, 0.4) is 0 Å². The second-order valence-electron chi connectivity index (χ2n) is 4.19. The van der Waals surface area contributed by atoms with Crippen LogP contribution in [0.4, 0.5) is 0 Å². The van der Waals surface area contributed by atoms with E-state index < -0.39 is 0 Å². The maximum absolute atomic E-state index is 5.51. The van der Waals surface area contributed by atoms with E-state index >= 15 is 0 Å². The van der Waals surface area contributed by atoms with Gasteiger partial charge >= 0.3 is 0 Å². The highest BCUT2D eigenvalue weighted by Crippen LogP contribution is 2.16. The molecule has 2 aliphatic rings. The molecule has 0 aliphatic carbocycles. The van der Waals surface area contributed by atoms with Gasteiger partial charge < -0.3 is 9.47 Å². The standard InChI is InChI=1S/C11H18N2O2/c1-8(11-13-9(2)7-15-11)3-4-10-12-5-6-14-10/h8-9H,3-7H2,1-2H3. The molecule has 0 saturated heterocycles. The van der Waals surface area contributed by atoms with Gasteiger partial charge in [0.05, 0.1) is 12.6 Å². The summed E-state index contributed by atoms with van der Waals surface area (Å²) in [7, 11) is 0. The summed E-state index contributed by atoms with van der Waals surface area (Å²) in [6, 6.07) is 0.322. The molecule has 2 unspecified atom stereocenters. The minimum atomic E-state index is 0.322. The highest BCUT2D eigenvalue weighted by molar-refractivity contribution is 5.81. The molecule has 4 nitrogen and oxygen atoms in total. The molecule has 2 heterocycles. The fraction of sp³-hybridized carbons (Fsp3) is 0.818.